The molecule has 9 nitrogen and oxygen atoms in total. The van der Waals surface area contributed by atoms with E-state index >= 15 is 0 Å². The van der Waals surface area contributed by atoms with E-state index in [2.05, 4.69) is 41.1 Å². The van der Waals surface area contributed by atoms with Crippen molar-refractivity contribution in [3.8, 4) is 11.5 Å². The van der Waals surface area contributed by atoms with Crippen molar-refractivity contribution in [1.29, 1.82) is 0 Å². The predicted octanol–water partition coefficient (Wildman–Crippen LogP) is 4.33. The molecule has 0 N–H and O–H groups in total. The minimum Gasteiger partial charge on any atom is -0.466 e. The number of amides is 1. The Morgan fingerprint density at radius 3 is 2.55 bits per heavy atom. The molecular formula is C29H33N3O6. The van der Waals surface area contributed by atoms with Gasteiger partial charge in [-0.2, -0.15) is 0 Å². The topological polar surface area (TPSA) is 94.3 Å². The number of oxazole rings is 1. The lowest BCUT2D eigenvalue weighted by Crippen LogP contribution is -2.40. The summed E-state index contributed by atoms with van der Waals surface area (Å²) >= 11 is 0. The summed E-state index contributed by atoms with van der Waals surface area (Å²) < 4.78 is 21.9. The fraction of sp³-hybridized carbons (Fsp3) is 0.414. The van der Waals surface area contributed by atoms with Crippen molar-refractivity contribution in [2.24, 2.45) is 5.92 Å². The molecule has 0 unspecified atom stereocenters. The molecule has 0 radical (unpaired) electrons. The van der Waals surface area contributed by atoms with Crippen LogP contribution >= 0.6 is 0 Å². The van der Waals surface area contributed by atoms with E-state index in [-0.39, 0.29) is 30.3 Å². The highest BCUT2D eigenvalue weighted by molar-refractivity contribution is 5.92. The Balaban J connectivity index is 1.26. The maximum Gasteiger partial charge on any atom is 0.309 e. The van der Waals surface area contributed by atoms with Gasteiger partial charge in [-0.15, -0.1) is 0 Å². The summed E-state index contributed by atoms with van der Waals surface area (Å²) in [6.07, 6.45) is 2.62. The number of hydrogen-bond acceptors (Lipinski definition) is 8. The van der Waals surface area contributed by atoms with Gasteiger partial charge >= 0.3 is 5.97 Å². The summed E-state index contributed by atoms with van der Waals surface area (Å²) in [6.45, 7) is 7.22. The summed E-state index contributed by atoms with van der Waals surface area (Å²) in [5.74, 6) is 1.46. The molecule has 1 amide bonds. The third kappa shape index (κ3) is 6.16. The van der Waals surface area contributed by atoms with E-state index in [4.69, 9.17) is 18.6 Å². The number of fused-ring (bicyclic) bond motifs is 1. The average molecular weight is 520 g/mol. The van der Waals surface area contributed by atoms with E-state index in [9.17, 15) is 9.59 Å². The number of benzene rings is 2. The van der Waals surface area contributed by atoms with E-state index in [1.807, 2.05) is 18.2 Å². The summed E-state index contributed by atoms with van der Waals surface area (Å²) in [5, 5.41) is 0. The molecule has 38 heavy (non-hydrogen) atoms. The van der Waals surface area contributed by atoms with Gasteiger partial charge in [0.1, 0.15) is 6.26 Å². The lowest BCUT2D eigenvalue weighted by atomic mass is 9.97. The number of carbonyl (C=O) groups is 2. The van der Waals surface area contributed by atoms with Gasteiger partial charge in [0.25, 0.3) is 5.91 Å². The lowest BCUT2D eigenvalue weighted by Gasteiger charge is -2.30. The van der Waals surface area contributed by atoms with Gasteiger partial charge in [-0.25, -0.2) is 4.98 Å². The molecular weight excluding hydrogens is 486 g/mol. The quantitative estimate of drug-likeness (QED) is 0.386. The van der Waals surface area contributed by atoms with Gasteiger partial charge in [-0.1, -0.05) is 35.9 Å². The molecule has 2 aliphatic heterocycles. The maximum absolute atomic E-state index is 13.1. The molecule has 2 aromatic carbocycles. The van der Waals surface area contributed by atoms with Crippen LogP contribution in [0.15, 0.2) is 53.1 Å². The van der Waals surface area contributed by atoms with Crippen LogP contribution < -0.4 is 9.47 Å². The zero-order valence-corrected chi connectivity index (χ0v) is 21.9. The third-order valence-corrected chi connectivity index (χ3v) is 6.86. The minimum atomic E-state index is -0.181. The first-order valence-corrected chi connectivity index (χ1v) is 13.0. The molecule has 3 heterocycles. The summed E-state index contributed by atoms with van der Waals surface area (Å²) in [4.78, 5) is 33.6. The van der Waals surface area contributed by atoms with Gasteiger partial charge in [-0.3, -0.25) is 14.5 Å². The van der Waals surface area contributed by atoms with Crippen molar-refractivity contribution >= 4 is 11.9 Å². The molecule has 1 aromatic heterocycles. The van der Waals surface area contributed by atoms with Crippen LogP contribution in [-0.4, -0.2) is 53.1 Å². The minimum absolute atomic E-state index is 0.154. The number of ether oxygens (including phenoxy) is 3. The smallest absolute Gasteiger partial charge is 0.309 e. The van der Waals surface area contributed by atoms with E-state index in [1.165, 1.54) is 17.4 Å². The molecule has 0 saturated carbocycles. The molecule has 3 aromatic rings. The van der Waals surface area contributed by atoms with E-state index in [0.717, 1.165) is 17.1 Å². The summed E-state index contributed by atoms with van der Waals surface area (Å²) in [6, 6.07) is 14.3. The van der Waals surface area contributed by atoms with Crippen molar-refractivity contribution < 1.29 is 28.2 Å². The number of piperidine rings is 1. The molecule has 200 valence electrons. The zero-order valence-electron chi connectivity index (χ0n) is 21.9. The van der Waals surface area contributed by atoms with Crippen LogP contribution in [0.4, 0.5) is 0 Å². The van der Waals surface area contributed by atoms with Crippen LogP contribution in [0.1, 0.15) is 52.8 Å². The van der Waals surface area contributed by atoms with Crippen molar-refractivity contribution in [1.82, 2.24) is 14.8 Å². The lowest BCUT2D eigenvalue weighted by molar-refractivity contribution is -0.149. The molecule has 0 atom stereocenters. The van der Waals surface area contributed by atoms with Crippen molar-refractivity contribution in [3.05, 3.63) is 77.0 Å². The van der Waals surface area contributed by atoms with Gasteiger partial charge in [0.15, 0.2) is 17.2 Å². The van der Waals surface area contributed by atoms with E-state index in [1.54, 1.807) is 11.8 Å². The standard InChI is InChI=1S/C29H33N3O6/c1-3-35-29(34)23-9-11-32(12-10-23)28(33)24-18-36-27(30-24)17-31(15-21-6-4-5-20(2)13-21)16-22-7-8-25-26(14-22)38-19-37-25/h4-8,13-14,18,23H,3,9-12,15-17,19H2,1-2H3. The largest absolute Gasteiger partial charge is 0.466 e. The molecule has 5 rings (SSSR count). The van der Waals surface area contributed by atoms with E-state index < -0.39 is 0 Å². The second-order valence-corrected chi connectivity index (χ2v) is 9.77. The number of carbonyl (C=O) groups excluding carboxylic acids is 2. The molecule has 0 bridgehead atoms. The van der Waals surface area contributed by atoms with Gasteiger partial charge in [0.2, 0.25) is 12.7 Å². The molecule has 2 aliphatic rings. The average Bonchev–Trinajstić information content (AvgIpc) is 3.58. The van der Waals surface area contributed by atoms with E-state index in [0.29, 0.717) is 58.1 Å². The molecule has 0 aliphatic carbocycles. The number of likely N-dealkylation sites (tertiary alicyclic amines) is 1. The number of rotatable bonds is 9. The van der Waals surface area contributed by atoms with Gasteiger partial charge in [0, 0.05) is 26.2 Å². The first-order chi connectivity index (χ1) is 18.5. The molecule has 1 fully saturated rings. The summed E-state index contributed by atoms with van der Waals surface area (Å²) in [5.41, 5.74) is 3.74. The monoisotopic (exact) mass is 519 g/mol. The van der Waals surface area contributed by atoms with Gasteiger partial charge < -0.3 is 23.5 Å². The molecule has 1 saturated heterocycles. The number of aryl methyl sites for hydroxylation is 1. The Hall–Kier alpha value is -3.85. The SMILES string of the molecule is CCOC(=O)C1CCN(C(=O)c2coc(CN(Cc3cccc(C)c3)Cc3ccc4c(c3)OCO4)n2)CC1. The second-order valence-electron chi connectivity index (χ2n) is 9.77. The number of nitrogens with zero attached hydrogens (tertiary/aromatic N) is 3. The third-order valence-electron chi connectivity index (χ3n) is 6.86. The van der Waals surface area contributed by atoms with Crippen LogP contribution in [0.5, 0.6) is 11.5 Å². The fourth-order valence-electron chi connectivity index (χ4n) is 4.95. The van der Waals surface area contributed by atoms with Crippen LogP contribution in [0.3, 0.4) is 0 Å². The Labute approximate surface area is 222 Å². The van der Waals surface area contributed by atoms with Crippen LogP contribution in [0.2, 0.25) is 0 Å². The number of hydrogen-bond donors (Lipinski definition) is 0. The van der Waals surface area contributed by atoms with Crippen molar-refractivity contribution in [2.75, 3.05) is 26.5 Å². The van der Waals surface area contributed by atoms with Gasteiger partial charge in [-0.05, 0) is 49.9 Å². The van der Waals surface area contributed by atoms with Crippen LogP contribution in [0.25, 0.3) is 0 Å². The Bertz CT molecular complexity index is 1280. The molecule has 0 spiro atoms. The van der Waals surface area contributed by atoms with Crippen molar-refractivity contribution in [3.63, 3.8) is 0 Å². The Morgan fingerprint density at radius 2 is 1.79 bits per heavy atom. The highest BCUT2D eigenvalue weighted by Gasteiger charge is 2.30. The first-order valence-electron chi connectivity index (χ1n) is 13.0. The van der Waals surface area contributed by atoms with Crippen LogP contribution in [-0.2, 0) is 29.2 Å². The maximum atomic E-state index is 13.1. The highest BCUT2D eigenvalue weighted by atomic mass is 16.7. The zero-order chi connectivity index (χ0) is 26.5. The second kappa shape index (κ2) is 11.7. The number of aromatic nitrogens is 1. The van der Waals surface area contributed by atoms with Crippen molar-refractivity contribution in [2.45, 2.75) is 46.3 Å². The Morgan fingerprint density at radius 1 is 1.03 bits per heavy atom. The molecule has 9 heteroatoms. The highest BCUT2D eigenvalue weighted by Crippen LogP contribution is 2.33. The summed E-state index contributed by atoms with van der Waals surface area (Å²) in [7, 11) is 0. The predicted molar refractivity (Wildman–Crippen MR) is 138 cm³/mol. The fourth-order valence-corrected chi connectivity index (χ4v) is 4.95. The normalized spacial score (nSPS) is 15.2. The van der Waals surface area contributed by atoms with Crippen LogP contribution in [0, 0.1) is 12.8 Å². The first kappa shape index (κ1) is 25.8. The van der Waals surface area contributed by atoms with Gasteiger partial charge in [0.05, 0.1) is 19.1 Å². The number of esters is 1. The Kier molecular flexibility index (Phi) is 7.93.